The van der Waals surface area contributed by atoms with Gasteiger partial charge in [0.15, 0.2) is 0 Å². The van der Waals surface area contributed by atoms with Crippen molar-refractivity contribution in [2.45, 2.75) is 53.4 Å². The van der Waals surface area contributed by atoms with Crippen molar-refractivity contribution in [2.75, 3.05) is 0 Å². The van der Waals surface area contributed by atoms with Crippen molar-refractivity contribution in [1.82, 2.24) is 4.57 Å². The van der Waals surface area contributed by atoms with E-state index in [0.29, 0.717) is 17.1 Å². The molecule has 0 saturated heterocycles. The Bertz CT molecular complexity index is 693. The summed E-state index contributed by atoms with van der Waals surface area (Å²) >= 11 is 6.38. The number of carboxylic acid groups (broad SMARTS) is 1. The van der Waals surface area contributed by atoms with Gasteiger partial charge >= 0.3 is 5.97 Å². The lowest BCUT2D eigenvalue weighted by Gasteiger charge is -2.22. The predicted molar refractivity (Wildman–Crippen MR) is 94.3 cm³/mol. The van der Waals surface area contributed by atoms with Crippen LogP contribution < -0.4 is 0 Å². The normalized spacial score (nSPS) is 11.3. The minimum atomic E-state index is -0.892. The zero-order chi connectivity index (χ0) is 17.2. The van der Waals surface area contributed by atoms with Crippen LogP contribution in [0.3, 0.4) is 0 Å². The van der Waals surface area contributed by atoms with Crippen LogP contribution in [0.1, 0.15) is 63.2 Å². The third kappa shape index (κ3) is 3.00. The number of fused-ring (bicyclic) bond motifs is 1. The van der Waals surface area contributed by atoms with Crippen molar-refractivity contribution in [1.29, 1.82) is 0 Å². The van der Waals surface area contributed by atoms with Gasteiger partial charge in [-0.1, -0.05) is 59.2 Å². The van der Waals surface area contributed by atoms with Crippen LogP contribution in [0.2, 0.25) is 5.02 Å². The molecule has 0 radical (unpaired) electrons. The summed E-state index contributed by atoms with van der Waals surface area (Å²) in [6.45, 7) is 12.2. The van der Waals surface area contributed by atoms with Crippen LogP contribution >= 0.6 is 11.6 Å². The second kappa shape index (κ2) is 6.74. The first-order valence-electron chi connectivity index (χ1n) is 7.73. The summed E-state index contributed by atoms with van der Waals surface area (Å²) in [7, 11) is 1.80. The Morgan fingerprint density at radius 3 is 2.23 bits per heavy atom. The van der Waals surface area contributed by atoms with Crippen LogP contribution in [0.5, 0.6) is 0 Å². The van der Waals surface area contributed by atoms with E-state index in [0.717, 1.165) is 22.0 Å². The summed E-state index contributed by atoms with van der Waals surface area (Å²) in [4.78, 5) is 11.6. The molecule has 2 aromatic rings. The molecule has 122 valence electrons. The van der Waals surface area contributed by atoms with Crippen LogP contribution in [-0.4, -0.2) is 15.6 Å². The molecule has 1 aromatic carbocycles. The third-order valence-electron chi connectivity index (χ3n) is 3.71. The number of hydrogen-bond acceptors (Lipinski definition) is 1. The Hall–Kier alpha value is -1.48. The van der Waals surface area contributed by atoms with Gasteiger partial charge in [-0.25, -0.2) is 4.79 Å². The zero-order valence-corrected chi connectivity index (χ0v) is 15.3. The van der Waals surface area contributed by atoms with Crippen molar-refractivity contribution in [3.63, 3.8) is 0 Å². The molecule has 22 heavy (non-hydrogen) atoms. The highest BCUT2D eigenvalue weighted by Gasteiger charge is 2.27. The molecule has 1 aromatic heterocycles. The fourth-order valence-electron chi connectivity index (χ4n) is 2.94. The molecule has 0 saturated carbocycles. The van der Waals surface area contributed by atoms with Crippen molar-refractivity contribution in [2.24, 2.45) is 7.05 Å². The average Bonchev–Trinajstić information content (AvgIpc) is 2.72. The minimum Gasteiger partial charge on any atom is -0.477 e. The lowest BCUT2D eigenvalue weighted by atomic mass is 9.85. The fourth-order valence-corrected chi connectivity index (χ4v) is 3.38. The quantitative estimate of drug-likeness (QED) is 0.802. The number of halogens is 1. The summed E-state index contributed by atoms with van der Waals surface area (Å²) in [6, 6.07) is 3.80. The zero-order valence-electron chi connectivity index (χ0n) is 14.5. The summed E-state index contributed by atoms with van der Waals surface area (Å²) in [5.74, 6) is -0.892. The van der Waals surface area contributed by atoms with E-state index in [-0.39, 0.29) is 5.41 Å². The molecule has 0 bridgehead atoms. The first-order chi connectivity index (χ1) is 10.2. The molecular weight excluding hydrogens is 298 g/mol. The molecule has 1 heterocycles. The molecule has 0 aliphatic heterocycles. The van der Waals surface area contributed by atoms with Crippen molar-refractivity contribution in [3.8, 4) is 0 Å². The van der Waals surface area contributed by atoms with Gasteiger partial charge in [0.1, 0.15) is 5.69 Å². The SMILES string of the molecule is CC.CCc1c(C(=O)O)n(C)c2c(C(C)(C)C)c(Cl)ccc12. The average molecular weight is 324 g/mol. The Labute approximate surface area is 137 Å². The monoisotopic (exact) mass is 323 g/mol. The predicted octanol–water partition coefficient (Wildman–Crippen LogP) is 5.42. The Morgan fingerprint density at radius 2 is 1.82 bits per heavy atom. The van der Waals surface area contributed by atoms with Gasteiger partial charge < -0.3 is 9.67 Å². The molecule has 0 spiro atoms. The van der Waals surface area contributed by atoms with E-state index >= 15 is 0 Å². The minimum absolute atomic E-state index is 0.149. The highest BCUT2D eigenvalue weighted by atomic mass is 35.5. The van der Waals surface area contributed by atoms with Gasteiger partial charge in [0.2, 0.25) is 0 Å². The molecule has 3 nitrogen and oxygen atoms in total. The number of aryl methyl sites for hydroxylation is 2. The number of aromatic carboxylic acids is 1. The lowest BCUT2D eigenvalue weighted by molar-refractivity contribution is 0.0686. The van der Waals surface area contributed by atoms with Gasteiger partial charge in [-0.15, -0.1) is 0 Å². The van der Waals surface area contributed by atoms with Gasteiger partial charge in [-0.05, 0) is 23.5 Å². The maximum Gasteiger partial charge on any atom is 0.352 e. The summed E-state index contributed by atoms with van der Waals surface area (Å²) in [6.07, 6.45) is 0.685. The van der Waals surface area contributed by atoms with E-state index in [4.69, 9.17) is 11.6 Å². The van der Waals surface area contributed by atoms with Crippen LogP contribution in [0, 0.1) is 0 Å². The number of aromatic nitrogens is 1. The Balaban J connectivity index is 0.00000116. The van der Waals surface area contributed by atoms with Crippen molar-refractivity contribution >= 4 is 28.5 Å². The van der Waals surface area contributed by atoms with Gasteiger partial charge in [0.05, 0.1) is 5.52 Å². The van der Waals surface area contributed by atoms with Gasteiger partial charge in [-0.3, -0.25) is 0 Å². The number of nitrogens with zero attached hydrogens (tertiary/aromatic N) is 1. The third-order valence-corrected chi connectivity index (χ3v) is 4.03. The summed E-state index contributed by atoms with van der Waals surface area (Å²) in [5.41, 5.74) is 3.01. The maximum atomic E-state index is 11.6. The molecule has 0 atom stereocenters. The number of carbonyl (C=O) groups is 1. The highest BCUT2D eigenvalue weighted by Crippen LogP contribution is 2.39. The smallest absolute Gasteiger partial charge is 0.352 e. The molecule has 0 aliphatic carbocycles. The number of rotatable bonds is 2. The molecule has 0 fully saturated rings. The Kier molecular flexibility index (Phi) is 5.69. The van der Waals surface area contributed by atoms with Crippen LogP contribution in [0.15, 0.2) is 12.1 Å². The standard InChI is InChI=1S/C16H20ClNO2.C2H6/c1-6-9-10-7-8-11(17)12(16(2,3)4)13(10)18(5)14(9)15(19)20;1-2/h7-8H,6H2,1-5H3,(H,19,20);1-2H3. The van der Waals surface area contributed by atoms with Crippen LogP contribution in [0.4, 0.5) is 0 Å². The lowest BCUT2D eigenvalue weighted by Crippen LogP contribution is -2.14. The molecule has 0 amide bonds. The van der Waals surface area contributed by atoms with E-state index < -0.39 is 5.97 Å². The second-order valence-corrected chi connectivity index (χ2v) is 6.52. The summed E-state index contributed by atoms with van der Waals surface area (Å²) in [5, 5.41) is 11.2. The maximum absolute atomic E-state index is 11.6. The van der Waals surface area contributed by atoms with E-state index in [1.807, 2.05) is 32.9 Å². The second-order valence-electron chi connectivity index (χ2n) is 6.11. The van der Waals surface area contributed by atoms with Crippen molar-refractivity contribution in [3.05, 3.63) is 34.0 Å². The fraction of sp³-hybridized carbons (Fsp3) is 0.500. The number of hydrogen-bond donors (Lipinski definition) is 1. The van der Waals surface area contributed by atoms with E-state index in [2.05, 4.69) is 20.8 Å². The first-order valence-corrected chi connectivity index (χ1v) is 8.11. The van der Waals surface area contributed by atoms with Gasteiger partial charge in [-0.2, -0.15) is 0 Å². The van der Waals surface area contributed by atoms with E-state index in [1.165, 1.54) is 0 Å². The van der Waals surface area contributed by atoms with E-state index in [1.54, 1.807) is 11.6 Å². The molecule has 4 heteroatoms. The number of carboxylic acids is 1. The first kappa shape index (κ1) is 18.6. The Morgan fingerprint density at radius 1 is 1.27 bits per heavy atom. The molecule has 2 rings (SSSR count). The molecule has 0 aliphatic rings. The van der Waals surface area contributed by atoms with Gasteiger partial charge in [0.25, 0.3) is 0 Å². The highest BCUT2D eigenvalue weighted by molar-refractivity contribution is 6.32. The summed E-state index contributed by atoms with van der Waals surface area (Å²) < 4.78 is 1.77. The molecule has 0 unspecified atom stereocenters. The topological polar surface area (TPSA) is 42.2 Å². The van der Waals surface area contributed by atoms with Crippen LogP contribution in [0.25, 0.3) is 10.9 Å². The van der Waals surface area contributed by atoms with Crippen molar-refractivity contribution < 1.29 is 9.90 Å². The molecule has 1 N–H and O–H groups in total. The van der Waals surface area contributed by atoms with E-state index in [9.17, 15) is 9.90 Å². The molecular formula is C18H26ClNO2. The van der Waals surface area contributed by atoms with Gasteiger partial charge in [0, 0.05) is 23.0 Å². The van der Waals surface area contributed by atoms with Crippen LogP contribution in [-0.2, 0) is 18.9 Å². The number of benzene rings is 1. The largest absolute Gasteiger partial charge is 0.477 e.